The number of hydrogen-bond acceptors (Lipinski definition) is 3. The summed E-state index contributed by atoms with van der Waals surface area (Å²) in [5, 5.41) is 9.75. The molecule has 0 saturated heterocycles. The van der Waals surface area contributed by atoms with Gasteiger partial charge in [0.1, 0.15) is 0 Å². The third kappa shape index (κ3) is 3.71. The maximum absolute atomic E-state index is 12.0. The van der Waals surface area contributed by atoms with Crippen LogP contribution in [-0.2, 0) is 15.8 Å². The van der Waals surface area contributed by atoms with Crippen LogP contribution in [-0.4, -0.2) is 13.5 Å². The number of phenols is 1. The highest BCUT2D eigenvalue weighted by Crippen LogP contribution is 2.32. The number of benzene rings is 2. The summed E-state index contributed by atoms with van der Waals surface area (Å²) in [6.07, 6.45) is 0. The summed E-state index contributed by atoms with van der Waals surface area (Å²) in [6.45, 7) is 0. The van der Waals surface area contributed by atoms with E-state index in [2.05, 4.69) is 20.7 Å². The van der Waals surface area contributed by atoms with Crippen molar-refractivity contribution in [1.82, 2.24) is 0 Å². The lowest BCUT2D eigenvalue weighted by Gasteiger charge is -2.10. The van der Waals surface area contributed by atoms with Gasteiger partial charge in [-0.05, 0) is 33.6 Å². The topological polar surface area (TPSA) is 66.4 Å². The molecule has 2 rings (SSSR count). The van der Waals surface area contributed by atoms with E-state index in [1.165, 1.54) is 6.07 Å². The predicted octanol–water partition coefficient (Wildman–Crippen LogP) is 3.10. The van der Waals surface area contributed by atoms with Gasteiger partial charge in [-0.25, -0.2) is 8.42 Å². The molecule has 6 heteroatoms. The number of sulfonamides is 1. The number of para-hydroxylation sites is 1. The minimum Gasteiger partial charge on any atom is -0.505 e. The van der Waals surface area contributed by atoms with E-state index in [-0.39, 0.29) is 17.2 Å². The van der Waals surface area contributed by atoms with Crippen LogP contribution in [0.15, 0.2) is 53.0 Å². The second kappa shape index (κ2) is 5.63. The van der Waals surface area contributed by atoms with E-state index in [0.717, 1.165) is 0 Å². The first-order chi connectivity index (χ1) is 8.98. The molecule has 0 spiro atoms. The van der Waals surface area contributed by atoms with Gasteiger partial charge in [0, 0.05) is 0 Å². The summed E-state index contributed by atoms with van der Waals surface area (Å²) in [5.41, 5.74) is 0.842. The molecule has 0 amide bonds. The maximum atomic E-state index is 12.0. The Morgan fingerprint density at radius 3 is 2.42 bits per heavy atom. The number of anilines is 1. The maximum Gasteiger partial charge on any atom is 0.237 e. The first kappa shape index (κ1) is 13.9. The first-order valence-corrected chi connectivity index (χ1v) is 7.94. The molecule has 0 aromatic heterocycles. The molecule has 0 bridgehead atoms. The second-order valence-corrected chi connectivity index (χ2v) is 6.56. The zero-order valence-corrected chi connectivity index (χ0v) is 12.3. The van der Waals surface area contributed by atoms with Gasteiger partial charge in [0.05, 0.1) is 15.9 Å². The Balaban J connectivity index is 2.20. The lowest BCUT2D eigenvalue weighted by Crippen LogP contribution is -2.15. The van der Waals surface area contributed by atoms with E-state index in [1.807, 2.05) is 6.07 Å². The molecular weight excluding hydrogens is 330 g/mol. The van der Waals surface area contributed by atoms with Gasteiger partial charge < -0.3 is 5.11 Å². The summed E-state index contributed by atoms with van der Waals surface area (Å²) in [5.74, 6) is -0.265. The Hall–Kier alpha value is -1.53. The molecule has 0 radical (unpaired) electrons. The average Bonchev–Trinajstić information content (AvgIpc) is 2.35. The van der Waals surface area contributed by atoms with Gasteiger partial charge in [-0.2, -0.15) is 0 Å². The van der Waals surface area contributed by atoms with Gasteiger partial charge in [-0.15, -0.1) is 0 Å². The number of rotatable bonds is 4. The summed E-state index contributed by atoms with van der Waals surface area (Å²) >= 11 is 3.14. The Kier molecular flexibility index (Phi) is 4.11. The van der Waals surface area contributed by atoms with E-state index < -0.39 is 10.0 Å². The van der Waals surface area contributed by atoms with Gasteiger partial charge in [0.25, 0.3) is 0 Å². The smallest absolute Gasteiger partial charge is 0.237 e. The summed E-state index contributed by atoms with van der Waals surface area (Å²) < 4.78 is 26.8. The fraction of sp³-hybridized carbons (Fsp3) is 0.0769. The van der Waals surface area contributed by atoms with Crippen LogP contribution in [0.1, 0.15) is 5.56 Å². The van der Waals surface area contributed by atoms with Crippen LogP contribution in [0.25, 0.3) is 0 Å². The molecule has 4 nitrogen and oxygen atoms in total. The minimum absolute atomic E-state index is 0.126. The highest BCUT2D eigenvalue weighted by Gasteiger charge is 2.14. The molecule has 0 unspecified atom stereocenters. The van der Waals surface area contributed by atoms with Gasteiger partial charge in [-0.3, -0.25) is 4.72 Å². The van der Waals surface area contributed by atoms with Crippen molar-refractivity contribution in [3.8, 4) is 5.75 Å². The molecule has 0 atom stereocenters. The zero-order chi connectivity index (χ0) is 13.9. The highest BCUT2D eigenvalue weighted by molar-refractivity contribution is 9.10. The quantitative estimate of drug-likeness (QED) is 0.839. The van der Waals surface area contributed by atoms with Crippen LogP contribution in [0.2, 0.25) is 0 Å². The van der Waals surface area contributed by atoms with Crippen LogP contribution in [0.3, 0.4) is 0 Å². The van der Waals surface area contributed by atoms with Gasteiger partial charge in [0.2, 0.25) is 10.0 Å². The normalized spacial score (nSPS) is 11.2. The molecule has 0 saturated carbocycles. The molecular formula is C13H12BrNO3S. The fourth-order valence-electron chi connectivity index (χ4n) is 1.59. The third-order valence-corrected chi connectivity index (χ3v) is 4.34. The Labute approximate surface area is 120 Å². The van der Waals surface area contributed by atoms with Crippen molar-refractivity contribution in [1.29, 1.82) is 0 Å². The molecule has 2 aromatic carbocycles. The predicted molar refractivity (Wildman–Crippen MR) is 78.5 cm³/mol. The van der Waals surface area contributed by atoms with Gasteiger partial charge in [0.15, 0.2) is 5.75 Å². The molecule has 0 aliphatic rings. The van der Waals surface area contributed by atoms with Crippen molar-refractivity contribution in [2.45, 2.75) is 5.75 Å². The van der Waals surface area contributed by atoms with Crippen molar-refractivity contribution >= 4 is 31.6 Å². The number of hydrogen-bond donors (Lipinski definition) is 2. The first-order valence-electron chi connectivity index (χ1n) is 5.50. The molecule has 19 heavy (non-hydrogen) atoms. The SMILES string of the molecule is O=S(=O)(Cc1ccccc1)Nc1cccc(Br)c1O. The van der Waals surface area contributed by atoms with Crippen molar-refractivity contribution in [2.24, 2.45) is 0 Å². The molecule has 100 valence electrons. The number of nitrogens with one attached hydrogen (secondary N) is 1. The molecule has 2 N–H and O–H groups in total. The Morgan fingerprint density at radius 1 is 1.05 bits per heavy atom. The molecule has 0 fully saturated rings. The monoisotopic (exact) mass is 341 g/mol. The zero-order valence-electron chi connectivity index (χ0n) is 9.88. The van der Waals surface area contributed by atoms with E-state index in [0.29, 0.717) is 10.0 Å². The van der Waals surface area contributed by atoms with Crippen molar-refractivity contribution in [2.75, 3.05) is 4.72 Å². The molecule has 0 aliphatic heterocycles. The van der Waals surface area contributed by atoms with Crippen molar-refractivity contribution in [3.05, 3.63) is 58.6 Å². The Bertz CT molecular complexity index is 672. The van der Waals surface area contributed by atoms with E-state index in [1.54, 1.807) is 36.4 Å². The summed E-state index contributed by atoms with van der Waals surface area (Å²) in [7, 11) is -3.56. The molecule has 2 aromatic rings. The summed E-state index contributed by atoms with van der Waals surface area (Å²) in [4.78, 5) is 0. The van der Waals surface area contributed by atoms with Crippen LogP contribution in [0, 0.1) is 0 Å². The largest absolute Gasteiger partial charge is 0.505 e. The number of phenolic OH excluding ortho intramolecular Hbond substituents is 1. The highest BCUT2D eigenvalue weighted by atomic mass is 79.9. The third-order valence-electron chi connectivity index (χ3n) is 2.45. The van der Waals surface area contributed by atoms with E-state index in [9.17, 15) is 13.5 Å². The van der Waals surface area contributed by atoms with Crippen molar-refractivity contribution in [3.63, 3.8) is 0 Å². The number of halogens is 1. The second-order valence-electron chi connectivity index (χ2n) is 3.98. The standard InChI is InChI=1S/C13H12BrNO3S/c14-11-7-4-8-12(13(11)16)15-19(17,18)9-10-5-2-1-3-6-10/h1-8,15-16H,9H2. The average molecular weight is 342 g/mol. The van der Waals surface area contributed by atoms with Crippen LogP contribution >= 0.6 is 15.9 Å². The van der Waals surface area contributed by atoms with E-state index >= 15 is 0 Å². The minimum atomic E-state index is -3.56. The van der Waals surface area contributed by atoms with Crippen LogP contribution in [0.4, 0.5) is 5.69 Å². The summed E-state index contributed by atoms with van der Waals surface area (Å²) in [6, 6.07) is 13.6. The van der Waals surface area contributed by atoms with Gasteiger partial charge >= 0.3 is 0 Å². The Morgan fingerprint density at radius 2 is 1.74 bits per heavy atom. The van der Waals surface area contributed by atoms with Gasteiger partial charge in [-0.1, -0.05) is 36.4 Å². The molecule has 0 aliphatic carbocycles. The lowest BCUT2D eigenvalue weighted by atomic mass is 10.2. The fourth-order valence-corrected chi connectivity index (χ4v) is 3.16. The van der Waals surface area contributed by atoms with Crippen molar-refractivity contribution < 1.29 is 13.5 Å². The van der Waals surface area contributed by atoms with E-state index in [4.69, 9.17) is 0 Å². The van der Waals surface area contributed by atoms with Crippen LogP contribution < -0.4 is 4.72 Å². The van der Waals surface area contributed by atoms with Crippen LogP contribution in [0.5, 0.6) is 5.75 Å². The number of aromatic hydroxyl groups is 1. The molecule has 0 heterocycles. The lowest BCUT2D eigenvalue weighted by molar-refractivity contribution is 0.474.